The van der Waals surface area contributed by atoms with Crippen molar-refractivity contribution < 1.29 is 0 Å². The number of hydrogen-bond acceptors (Lipinski definition) is 3. The lowest BCUT2D eigenvalue weighted by Crippen LogP contribution is -2.37. The van der Waals surface area contributed by atoms with E-state index in [1.807, 2.05) is 12.4 Å². The Labute approximate surface area is 91.3 Å². The second kappa shape index (κ2) is 4.60. The van der Waals surface area contributed by atoms with Crippen molar-refractivity contribution in [2.24, 2.45) is 11.8 Å². The Bertz CT molecular complexity index is 289. The molecule has 82 valence electrons. The van der Waals surface area contributed by atoms with Gasteiger partial charge in [-0.2, -0.15) is 0 Å². The maximum Gasteiger partial charge on any atom is 0.115 e. The molecule has 1 aromatic rings. The molecule has 3 heteroatoms. The van der Waals surface area contributed by atoms with E-state index in [-0.39, 0.29) is 0 Å². The van der Waals surface area contributed by atoms with Crippen LogP contribution in [0.25, 0.3) is 0 Å². The summed E-state index contributed by atoms with van der Waals surface area (Å²) in [6.45, 7) is 4.66. The van der Waals surface area contributed by atoms with E-state index in [1.54, 1.807) is 6.33 Å². The van der Waals surface area contributed by atoms with Gasteiger partial charge in [-0.05, 0) is 24.7 Å². The molecule has 0 bridgehead atoms. The highest BCUT2D eigenvalue weighted by Crippen LogP contribution is 2.30. The summed E-state index contributed by atoms with van der Waals surface area (Å²) < 4.78 is 0. The fraction of sp³-hybridized carbons (Fsp3) is 0.667. The first-order valence-corrected chi connectivity index (χ1v) is 5.79. The predicted octanol–water partition coefficient (Wildman–Crippen LogP) is 2.71. The van der Waals surface area contributed by atoms with Crippen molar-refractivity contribution in [3.05, 3.63) is 18.7 Å². The van der Waals surface area contributed by atoms with Gasteiger partial charge in [0, 0.05) is 6.04 Å². The monoisotopic (exact) mass is 205 g/mol. The van der Waals surface area contributed by atoms with Crippen LogP contribution in [0.1, 0.15) is 33.1 Å². The Kier molecular flexibility index (Phi) is 3.19. The van der Waals surface area contributed by atoms with Crippen LogP contribution in [0, 0.1) is 11.8 Å². The van der Waals surface area contributed by atoms with E-state index in [2.05, 4.69) is 29.1 Å². The summed E-state index contributed by atoms with van der Waals surface area (Å²) in [5.74, 6) is 1.49. The van der Waals surface area contributed by atoms with Crippen molar-refractivity contribution in [2.45, 2.75) is 39.2 Å². The second-order valence-corrected chi connectivity index (χ2v) is 4.68. The highest BCUT2D eigenvalue weighted by molar-refractivity contribution is 5.38. The van der Waals surface area contributed by atoms with Crippen LogP contribution in [0.15, 0.2) is 18.7 Å². The Morgan fingerprint density at radius 1 is 1.13 bits per heavy atom. The van der Waals surface area contributed by atoms with Gasteiger partial charge in [-0.1, -0.05) is 20.3 Å². The van der Waals surface area contributed by atoms with Gasteiger partial charge in [-0.25, -0.2) is 9.97 Å². The minimum atomic E-state index is 0.574. The molecule has 0 radical (unpaired) electrons. The van der Waals surface area contributed by atoms with Gasteiger partial charge in [0.05, 0.1) is 18.1 Å². The SMILES string of the molecule is CC1CCCC(C)C1Nc1cncnc1. The number of hydrogen-bond donors (Lipinski definition) is 1. The molecule has 0 aliphatic heterocycles. The van der Waals surface area contributed by atoms with Crippen molar-refractivity contribution >= 4 is 5.69 Å². The summed E-state index contributed by atoms with van der Waals surface area (Å²) in [5.41, 5.74) is 1.04. The second-order valence-electron chi connectivity index (χ2n) is 4.68. The summed E-state index contributed by atoms with van der Waals surface area (Å²) in [6.07, 6.45) is 9.29. The molecule has 2 rings (SSSR count). The van der Waals surface area contributed by atoms with Gasteiger partial charge in [0.15, 0.2) is 0 Å². The maximum atomic E-state index is 4.03. The van der Waals surface area contributed by atoms with Crippen molar-refractivity contribution in [3.8, 4) is 0 Å². The van der Waals surface area contributed by atoms with Crippen LogP contribution in [-0.2, 0) is 0 Å². The standard InChI is InChI=1S/C12H19N3/c1-9-4-3-5-10(2)12(9)15-11-6-13-8-14-7-11/h6-10,12,15H,3-5H2,1-2H3. The van der Waals surface area contributed by atoms with Crippen LogP contribution in [0.2, 0.25) is 0 Å². The molecule has 1 saturated carbocycles. The lowest BCUT2D eigenvalue weighted by molar-refractivity contribution is 0.268. The van der Waals surface area contributed by atoms with Gasteiger partial charge in [-0.15, -0.1) is 0 Å². The van der Waals surface area contributed by atoms with Gasteiger partial charge in [-0.3, -0.25) is 0 Å². The first kappa shape index (κ1) is 10.4. The molecule has 1 N–H and O–H groups in total. The first-order valence-electron chi connectivity index (χ1n) is 5.79. The molecular weight excluding hydrogens is 186 g/mol. The van der Waals surface area contributed by atoms with Gasteiger partial charge in [0.25, 0.3) is 0 Å². The van der Waals surface area contributed by atoms with Crippen LogP contribution in [0.4, 0.5) is 5.69 Å². The number of nitrogens with zero attached hydrogens (tertiary/aromatic N) is 2. The van der Waals surface area contributed by atoms with Gasteiger partial charge in [0.2, 0.25) is 0 Å². The molecule has 1 heterocycles. The van der Waals surface area contributed by atoms with Crippen molar-refractivity contribution in [1.82, 2.24) is 9.97 Å². The molecule has 0 amide bonds. The first-order chi connectivity index (χ1) is 7.27. The van der Waals surface area contributed by atoms with Gasteiger partial charge >= 0.3 is 0 Å². The fourth-order valence-electron chi connectivity index (χ4n) is 2.53. The molecule has 15 heavy (non-hydrogen) atoms. The summed E-state index contributed by atoms with van der Waals surface area (Å²) in [5, 5.41) is 3.56. The van der Waals surface area contributed by atoms with E-state index >= 15 is 0 Å². The molecule has 0 spiro atoms. The maximum absolute atomic E-state index is 4.03. The number of nitrogens with one attached hydrogen (secondary N) is 1. The van der Waals surface area contributed by atoms with Crippen LogP contribution < -0.4 is 5.32 Å². The zero-order valence-electron chi connectivity index (χ0n) is 9.48. The van der Waals surface area contributed by atoms with E-state index in [0.717, 1.165) is 17.5 Å². The zero-order chi connectivity index (χ0) is 10.7. The Morgan fingerprint density at radius 3 is 2.33 bits per heavy atom. The van der Waals surface area contributed by atoms with E-state index in [4.69, 9.17) is 0 Å². The number of rotatable bonds is 2. The molecule has 2 unspecified atom stereocenters. The lowest BCUT2D eigenvalue weighted by Gasteiger charge is -2.35. The average molecular weight is 205 g/mol. The molecule has 2 atom stereocenters. The number of aromatic nitrogens is 2. The summed E-state index contributed by atoms with van der Waals surface area (Å²) in [4.78, 5) is 8.05. The van der Waals surface area contributed by atoms with Crippen LogP contribution in [0.5, 0.6) is 0 Å². The van der Waals surface area contributed by atoms with Gasteiger partial charge < -0.3 is 5.32 Å². The Hall–Kier alpha value is -1.12. The van der Waals surface area contributed by atoms with Crippen LogP contribution in [0.3, 0.4) is 0 Å². The normalized spacial score (nSPS) is 31.2. The largest absolute Gasteiger partial charge is 0.379 e. The lowest BCUT2D eigenvalue weighted by atomic mass is 9.78. The predicted molar refractivity (Wildman–Crippen MR) is 61.6 cm³/mol. The van der Waals surface area contributed by atoms with E-state index in [1.165, 1.54) is 19.3 Å². The summed E-state index contributed by atoms with van der Waals surface area (Å²) in [7, 11) is 0. The fourth-order valence-corrected chi connectivity index (χ4v) is 2.53. The molecule has 0 saturated heterocycles. The molecule has 0 aromatic carbocycles. The third-order valence-corrected chi connectivity index (χ3v) is 3.44. The van der Waals surface area contributed by atoms with Crippen LogP contribution in [-0.4, -0.2) is 16.0 Å². The van der Waals surface area contributed by atoms with Crippen molar-refractivity contribution in [2.75, 3.05) is 5.32 Å². The highest BCUT2D eigenvalue weighted by atomic mass is 15.0. The molecule has 1 aromatic heterocycles. The molecule has 1 aliphatic carbocycles. The summed E-state index contributed by atoms with van der Waals surface area (Å²) in [6, 6.07) is 0.574. The van der Waals surface area contributed by atoms with Gasteiger partial charge in [0.1, 0.15) is 6.33 Å². The third kappa shape index (κ3) is 2.46. The topological polar surface area (TPSA) is 37.8 Å². The molecular formula is C12H19N3. The Balaban J connectivity index is 2.03. The minimum Gasteiger partial charge on any atom is -0.379 e. The Morgan fingerprint density at radius 2 is 1.73 bits per heavy atom. The van der Waals surface area contributed by atoms with Crippen molar-refractivity contribution in [3.63, 3.8) is 0 Å². The third-order valence-electron chi connectivity index (χ3n) is 3.44. The highest BCUT2D eigenvalue weighted by Gasteiger charge is 2.27. The molecule has 3 nitrogen and oxygen atoms in total. The van der Waals surface area contributed by atoms with Crippen LogP contribution >= 0.6 is 0 Å². The zero-order valence-corrected chi connectivity index (χ0v) is 9.48. The molecule has 1 fully saturated rings. The van der Waals surface area contributed by atoms with E-state index in [9.17, 15) is 0 Å². The minimum absolute atomic E-state index is 0.574. The summed E-state index contributed by atoms with van der Waals surface area (Å²) >= 11 is 0. The van der Waals surface area contributed by atoms with Crippen molar-refractivity contribution in [1.29, 1.82) is 0 Å². The number of anilines is 1. The molecule has 1 aliphatic rings. The quantitative estimate of drug-likeness (QED) is 0.806. The van der Waals surface area contributed by atoms with E-state index < -0.39 is 0 Å². The van der Waals surface area contributed by atoms with E-state index in [0.29, 0.717) is 6.04 Å². The average Bonchev–Trinajstić information content (AvgIpc) is 2.25. The smallest absolute Gasteiger partial charge is 0.115 e.